The molecule has 0 radical (unpaired) electrons. The molecule has 0 aromatic rings. The third kappa shape index (κ3) is 4.09. The smallest absolute Gasteiger partial charge is 0.0986 e. The lowest BCUT2D eigenvalue weighted by atomic mass is 10.2. The predicted molar refractivity (Wildman–Crippen MR) is 73.6 cm³/mol. The summed E-state index contributed by atoms with van der Waals surface area (Å²) in [5, 5.41) is 15.2. The molecule has 0 saturated carbocycles. The van der Waals surface area contributed by atoms with Crippen LogP contribution in [0.1, 0.15) is 26.7 Å². The van der Waals surface area contributed by atoms with E-state index in [4.69, 9.17) is 0 Å². The molecule has 2 aliphatic rings. The average Bonchev–Trinajstić information content (AvgIpc) is 2.99. The number of nitrogens with zero attached hydrogens (tertiary/aromatic N) is 4. The fourth-order valence-electron chi connectivity index (χ4n) is 2.04. The summed E-state index contributed by atoms with van der Waals surface area (Å²) in [6, 6.07) is 0.380. The van der Waals surface area contributed by atoms with Gasteiger partial charge in [-0.25, -0.2) is 0 Å². The summed E-state index contributed by atoms with van der Waals surface area (Å²) in [6.07, 6.45) is 1.71. The van der Waals surface area contributed by atoms with Gasteiger partial charge in [0.2, 0.25) is 0 Å². The van der Waals surface area contributed by atoms with Crippen LogP contribution in [0.5, 0.6) is 0 Å². The van der Waals surface area contributed by atoms with Crippen LogP contribution in [0, 0.1) is 0 Å². The van der Waals surface area contributed by atoms with Crippen LogP contribution < -0.4 is 10.6 Å². The van der Waals surface area contributed by atoms with E-state index in [1.54, 1.807) is 0 Å². The molecule has 6 heteroatoms. The second-order valence-corrected chi connectivity index (χ2v) is 4.85. The van der Waals surface area contributed by atoms with Crippen molar-refractivity contribution in [3.8, 4) is 0 Å². The first-order valence-corrected chi connectivity index (χ1v) is 6.68. The molecular formula is C12H22N6. The summed E-state index contributed by atoms with van der Waals surface area (Å²) in [6.45, 7) is 7.85. The first-order chi connectivity index (χ1) is 8.74. The molecule has 18 heavy (non-hydrogen) atoms. The van der Waals surface area contributed by atoms with E-state index in [0.29, 0.717) is 0 Å². The second-order valence-electron chi connectivity index (χ2n) is 4.85. The Morgan fingerprint density at radius 1 is 0.944 bits per heavy atom. The Morgan fingerprint density at radius 3 is 1.72 bits per heavy atom. The number of hydrogen-bond acceptors (Lipinski definition) is 6. The molecule has 2 N–H and O–H groups in total. The lowest BCUT2D eigenvalue weighted by Gasteiger charge is -2.08. The topological polar surface area (TPSA) is 73.5 Å². The first kappa shape index (κ1) is 13.0. The van der Waals surface area contributed by atoms with Crippen molar-refractivity contribution in [3.05, 3.63) is 0 Å². The van der Waals surface area contributed by atoms with Crippen molar-refractivity contribution in [1.29, 1.82) is 0 Å². The summed E-state index contributed by atoms with van der Waals surface area (Å²) in [5.74, 6) is 2.13. The molecule has 0 aromatic heterocycles. The van der Waals surface area contributed by atoms with E-state index in [1.165, 1.54) is 0 Å². The predicted octanol–water partition coefficient (Wildman–Crippen LogP) is 0.999. The molecule has 0 saturated heterocycles. The zero-order chi connectivity index (χ0) is 12.8. The lowest BCUT2D eigenvalue weighted by Crippen LogP contribution is -2.23. The minimum atomic E-state index is 0.190. The summed E-state index contributed by atoms with van der Waals surface area (Å²) in [4.78, 5) is 8.72. The number of amidine groups is 2. The minimum Gasteiger partial charge on any atom is -0.372 e. The molecule has 0 amide bonds. The van der Waals surface area contributed by atoms with Crippen LogP contribution in [0.25, 0.3) is 0 Å². The Bertz CT molecular complexity index is 326. The minimum absolute atomic E-state index is 0.190. The molecule has 2 aliphatic heterocycles. The van der Waals surface area contributed by atoms with Crippen LogP contribution in [0.2, 0.25) is 0 Å². The van der Waals surface area contributed by atoms with Crippen LogP contribution >= 0.6 is 0 Å². The average molecular weight is 250 g/mol. The number of hydrogen-bond donors (Lipinski definition) is 2. The summed E-state index contributed by atoms with van der Waals surface area (Å²) in [5.41, 5.74) is 0. The molecule has 2 rings (SSSR count). The zero-order valence-electron chi connectivity index (χ0n) is 11.2. The van der Waals surface area contributed by atoms with Crippen LogP contribution in [0.15, 0.2) is 20.2 Å². The van der Waals surface area contributed by atoms with Gasteiger partial charge >= 0.3 is 0 Å². The van der Waals surface area contributed by atoms with E-state index in [2.05, 4.69) is 44.7 Å². The standard InChI is InChI=1S/C12H22N6/c1-9(7-11-13-3-4-14-11)17-18-10(2)8-12-15-5-6-16-12/h9-10H,3-8H2,1-2H3,(H,13,14)(H,15,16)/b18-17+. The highest BCUT2D eigenvalue weighted by Gasteiger charge is 2.12. The highest BCUT2D eigenvalue weighted by molar-refractivity contribution is 5.84. The van der Waals surface area contributed by atoms with Crippen molar-refractivity contribution < 1.29 is 0 Å². The van der Waals surface area contributed by atoms with Crippen LogP contribution in [0.3, 0.4) is 0 Å². The largest absolute Gasteiger partial charge is 0.372 e. The SMILES string of the molecule is CC(CC1=NCCN1)/N=N/C(C)CC1=NCCN1. The fourth-order valence-corrected chi connectivity index (χ4v) is 2.04. The van der Waals surface area contributed by atoms with Gasteiger partial charge in [0.1, 0.15) is 0 Å². The Morgan fingerprint density at radius 2 is 1.39 bits per heavy atom. The third-order valence-electron chi connectivity index (χ3n) is 2.93. The maximum absolute atomic E-state index is 4.36. The van der Waals surface area contributed by atoms with Crippen LogP contribution in [-0.2, 0) is 0 Å². The summed E-state index contributed by atoms with van der Waals surface area (Å²) >= 11 is 0. The maximum atomic E-state index is 4.36. The van der Waals surface area contributed by atoms with Gasteiger partial charge in [-0.05, 0) is 13.8 Å². The molecule has 2 heterocycles. The molecule has 0 aliphatic carbocycles. The Hall–Kier alpha value is -1.46. The van der Waals surface area contributed by atoms with Crippen molar-refractivity contribution in [2.45, 2.75) is 38.8 Å². The van der Waals surface area contributed by atoms with Crippen molar-refractivity contribution in [2.24, 2.45) is 20.2 Å². The van der Waals surface area contributed by atoms with Gasteiger partial charge < -0.3 is 10.6 Å². The van der Waals surface area contributed by atoms with E-state index in [-0.39, 0.29) is 12.1 Å². The molecule has 6 nitrogen and oxygen atoms in total. The monoisotopic (exact) mass is 250 g/mol. The first-order valence-electron chi connectivity index (χ1n) is 6.68. The van der Waals surface area contributed by atoms with Crippen molar-refractivity contribution in [3.63, 3.8) is 0 Å². The normalized spacial score (nSPS) is 22.3. The Balaban J connectivity index is 1.71. The molecule has 100 valence electrons. The Labute approximate surface area is 108 Å². The number of aliphatic imine (C=N–C) groups is 2. The second kappa shape index (κ2) is 6.47. The molecular weight excluding hydrogens is 228 g/mol. The van der Waals surface area contributed by atoms with E-state index >= 15 is 0 Å². The highest BCUT2D eigenvalue weighted by Crippen LogP contribution is 2.06. The number of azo groups is 1. The van der Waals surface area contributed by atoms with Gasteiger partial charge in [-0.15, -0.1) is 0 Å². The Kier molecular flexibility index (Phi) is 4.66. The van der Waals surface area contributed by atoms with E-state index in [1.807, 2.05) is 0 Å². The van der Waals surface area contributed by atoms with Gasteiger partial charge in [0, 0.05) is 25.9 Å². The number of nitrogens with one attached hydrogen (secondary N) is 2. The lowest BCUT2D eigenvalue weighted by molar-refractivity contribution is 0.634. The van der Waals surface area contributed by atoms with Gasteiger partial charge in [-0.2, -0.15) is 10.2 Å². The summed E-state index contributed by atoms with van der Waals surface area (Å²) < 4.78 is 0. The fraction of sp³-hybridized carbons (Fsp3) is 0.833. The molecule has 0 aromatic carbocycles. The van der Waals surface area contributed by atoms with Gasteiger partial charge in [0.25, 0.3) is 0 Å². The van der Waals surface area contributed by atoms with E-state index < -0.39 is 0 Å². The van der Waals surface area contributed by atoms with Crippen molar-refractivity contribution >= 4 is 11.7 Å². The number of rotatable bonds is 6. The van der Waals surface area contributed by atoms with Gasteiger partial charge in [-0.1, -0.05) is 0 Å². The van der Waals surface area contributed by atoms with Gasteiger partial charge in [0.15, 0.2) is 0 Å². The van der Waals surface area contributed by atoms with Crippen LogP contribution in [0.4, 0.5) is 0 Å². The zero-order valence-corrected chi connectivity index (χ0v) is 11.2. The van der Waals surface area contributed by atoms with E-state index in [9.17, 15) is 0 Å². The molecule has 0 bridgehead atoms. The van der Waals surface area contributed by atoms with Crippen molar-refractivity contribution in [2.75, 3.05) is 26.2 Å². The quantitative estimate of drug-likeness (QED) is 0.690. The molecule has 0 fully saturated rings. The highest BCUT2D eigenvalue weighted by atomic mass is 15.2. The molecule has 0 spiro atoms. The van der Waals surface area contributed by atoms with E-state index in [0.717, 1.165) is 50.7 Å². The third-order valence-corrected chi connectivity index (χ3v) is 2.93. The van der Waals surface area contributed by atoms with Crippen molar-refractivity contribution in [1.82, 2.24) is 10.6 Å². The van der Waals surface area contributed by atoms with Gasteiger partial charge in [-0.3, -0.25) is 9.98 Å². The maximum Gasteiger partial charge on any atom is 0.0986 e. The van der Waals surface area contributed by atoms with Crippen LogP contribution in [-0.4, -0.2) is 49.9 Å². The van der Waals surface area contributed by atoms with Gasteiger partial charge in [0.05, 0.1) is 36.8 Å². The molecule has 2 unspecified atom stereocenters. The molecule has 2 atom stereocenters. The summed E-state index contributed by atoms with van der Waals surface area (Å²) in [7, 11) is 0.